The molecule has 176 valence electrons. The largest absolute Gasteiger partial charge is 0.481 e. The summed E-state index contributed by atoms with van der Waals surface area (Å²) < 4.78 is 15.9. The second-order valence-electron chi connectivity index (χ2n) is 8.65. The Labute approximate surface area is 186 Å². The van der Waals surface area contributed by atoms with Crippen molar-refractivity contribution >= 4 is 29.6 Å². The van der Waals surface area contributed by atoms with Gasteiger partial charge >= 0.3 is 18.0 Å². The third kappa shape index (κ3) is 7.75. The Morgan fingerprint density at radius 1 is 1.25 bits per heavy atom. The number of nitrogens with one attached hydrogen (secondary N) is 2. The van der Waals surface area contributed by atoms with Gasteiger partial charge in [0.2, 0.25) is 0 Å². The molecule has 1 aliphatic heterocycles. The van der Waals surface area contributed by atoms with Gasteiger partial charge in [-0.05, 0) is 30.0 Å². The molecule has 2 rings (SSSR count). The van der Waals surface area contributed by atoms with Crippen LogP contribution >= 0.6 is 0 Å². The molecule has 2 atom stereocenters. The zero-order chi connectivity index (χ0) is 23.9. The Morgan fingerprint density at radius 2 is 1.97 bits per heavy atom. The number of amides is 2. The maximum Gasteiger partial charge on any atom is 0.407 e. The molecule has 1 aromatic carbocycles. The number of carbonyl (C=O) groups excluding carboxylic acids is 3. The maximum atomic E-state index is 12.4. The van der Waals surface area contributed by atoms with E-state index in [0.717, 1.165) is 0 Å². The van der Waals surface area contributed by atoms with Gasteiger partial charge in [0.25, 0.3) is 5.91 Å². The van der Waals surface area contributed by atoms with Crippen molar-refractivity contribution in [2.45, 2.75) is 59.1 Å². The van der Waals surface area contributed by atoms with Crippen molar-refractivity contribution in [1.82, 2.24) is 5.32 Å². The Kier molecular flexibility index (Phi) is 8.45. The number of aliphatic carboxylic acids is 1. The summed E-state index contributed by atoms with van der Waals surface area (Å²) in [5.74, 6) is -1.66. The molecule has 10 heteroatoms. The predicted octanol–water partition coefficient (Wildman–Crippen LogP) is 2.50. The van der Waals surface area contributed by atoms with Crippen molar-refractivity contribution in [1.29, 1.82) is 0 Å². The van der Waals surface area contributed by atoms with E-state index >= 15 is 0 Å². The number of fused-ring (bicyclic) bond motifs is 1. The van der Waals surface area contributed by atoms with Crippen molar-refractivity contribution in [3.8, 4) is 5.75 Å². The molecular formula is C22H30N2O8. The number of carbonyl (C=O) groups is 4. The molecule has 1 heterocycles. The van der Waals surface area contributed by atoms with E-state index in [2.05, 4.69) is 10.6 Å². The highest BCUT2D eigenvalue weighted by Gasteiger charge is 2.29. The zero-order valence-corrected chi connectivity index (χ0v) is 18.7. The van der Waals surface area contributed by atoms with Crippen LogP contribution in [0.1, 0.15) is 46.1 Å². The Bertz CT molecular complexity index is 862. The van der Waals surface area contributed by atoms with Crippen molar-refractivity contribution in [3.63, 3.8) is 0 Å². The van der Waals surface area contributed by atoms with Gasteiger partial charge in [-0.15, -0.1) is 0 Å². The van der Waals surface area contributed by atoms with E-state index in [-0.39, 0.29) is 37.9 Å². The van der Waals surface area contributed by atoms with Gasteiger partial charge in [-0.3, -0.25) is 9.59 Å². The molecule has 10 nitrogen and oxygen atoms in total. The van der Waals surface area contributed by atoms with Crippen LogP contribution in [0.25, 0.3) is 0 Å². The van der Waals surface area contributed by atoms with E-state index in [4.69, 9.17) is 19.3 Å². The summed E-state index contributed by atoms with van der Waals surface area (Å²) in [7, 11) is 0. The Hall–Kier alpha value is -3.30. The Balaban J connectivity index is 2.09. The van der Waals surface area contributed by atoms with Crippen LogP contribution in [0, 0.1) is 5.41 Å². The van der Waals surface area contributed by atoms with Gasteiger partial charge in [-0.2, -0.15) is 0 Å². The highest BCUT2D eigenvalue weighted by molar-refractivity contribution is 5.98. The molecule has 1 aliphatic rings. The fraction of sp³-hybridized carbons (Fsp3) is 0.545. The second-order valence-corrected chi connectivity index (χ2v) is 8.65. The summed E-state index contributed by atoms with van der Waals surface area (Å²) in [6.07, 6.45) is -1.66. The molecule has 0 radical (unpaired) electrons. The molecule has 0 aliphatic carbocycles. The van der Waals surface area contributed by atoms with Crippen LogP contribution in [0.2, 0.25) is 0 Å². The Morgan fingerprint density at radius 3 is 2.59 bits per heavy atom. The molecule has 0 spiro atoms. The first-order chi connectivity index (χ1) is 15.0. The summed E-state index contributed by atoms with van der Waals surface area (Å²) in [4.78, 5) is 47.5. The number of anilines is 1. The van der Waals surface area contributed by atoms with Crippen LogP contribution in [0.5, 0.6) is 5.75 Å². The van der Waals surface area contributed by atoms with Crippen molar-refractivity contribution < 1.29 is 38.5 Å². The van der Waals surface area contributed by atoms with Crippen molar-refractivity contribution in [2.75, 3.05) is 18.5 Å². The minimum Gasteiger partial charge on any atom is -0.481 e. The standard InChI is InChI=1S/C22H30N2O8/c1-5-30-20(28)15(24-21(29)31-12-22(2,3)4)11-13-6-7-16-14(10-13)23-19(27)17(32-16)8-9-18(25)26/h6-7,10,15,17H,5,8-9,11-12H2,1-4H3,(H,23,27)(H,24,29)(H,25,26)/t15-,17-/m0/s1. The number of hydrogen-bond acceptors (Lipinski definition) is 7. The van der Waals surface area contributed by atoms with Crippen LogP contribution in [-0.4, -0.2) is 54.4 Å². The van der Waals surface area contributed by atoms with E-state index in [1.165, 1.54) is 0 Å². The summed E-state index contributed by atoms with van der Waals surface area (Å²) in [5, 5.41) is 14.0. The number of esters is 1. The summed E-state index contributed by atoms with van der Waals surface area (Å²) in [6, 6.07) is 3.97. The second kappa shape index (κ2) is 10.8. The quantitative estimate of drug-likeness (QED) is 0.488. The third-order valence-electron chi connectivity index (χ3n) is 4.42. The van der Waals surface area contributed by atoms with Crippen LogP contribution in [0.4, 0.5) is 10.5 Å². The summed E-state index contributed by atoms with van der Waals surface area (Å²) >= 11 is 0. The first kappa shape index (κ1) is 25.0. The molecule has 0 unspecified atom stereocenters. The predicted molar refractivity (Wildman–Crippen MR) is 114 cm³/mol. The number of hydrogen-bond donors (Lipinski definition) is 3. The SMILES string of the molecule is CCOC(=O)[C@H](Cc1ccc2c(c1)NC(=O)[C@H](CCC(=O)O)O2)NC(=O)OCC(C)(C)C. The topological polar surface area (TPSA) is 140 Å². The number of carboxylic acids is 1. The lowest BCUT2D eigenvalue weighted by molar-refractivity contribution is -0.145. The van der Waals surface area contributed by atoms with Crippen LogP contribution in [0.3, 0.4) is 0 Å². The van der Waals surface area contributed by atoms with Gasteiger partial charge in [-0.1, -0.05) is 26.8 Å². The molecule has 0 saturated heterocycles. The molecule has 32 heavy (non-hydrogen) atoms. The first-order valence-electron chi connectivity index (χ1n) is 10.4. The molecule has 3 N–H and O–H groups in total. The molecule has 2 amide bonds. The number of carboxylic acid groups (broad SMARTS) is 1. The molecule has 0 fully saturated rings. The third-order valence-corrected chi connectivity index (χ3v) is 4.42. The fourth-order valence-corrected chi connectivity index (χ4v) is 2.91. The average molecular weight is 450 g/mol. The molecular weight excluding hydrogens is 420 g/mol. The highest BCUT2D eigenvalue weighted by Crippen LogP contribution is 2.32. The molecule has 0 aromatic heterocycles. The lowest BCUT2D eigenvalue weighted by Crippen LogP contribution is -2.44. The minimum absolute atomic E-state index is 0.0495. The maximum absolute atomic E-state index is 12.4. The summed E-state index contributed by atoms with van der Waals surface area (Å²) in [6.45, 7) is 7.75. The van der Waals surface area contributed by atoms with E-state index in [9.17, 15) is 19.2 Å². The lowest BCUT2D eigenvalue weighted by atomic mass is 9.99. The van der Waals surface area contributed by atoms with Crippen molar-refractivity contribution in [2.24, 2.45) is 5.41 Å². The average Bonchev–Trinajstić information content (AvgIpc) is 2.69. The van der Waals surface area contributed by atoms with E-state index < -0.39 is 36.1 Å². The van der Waals surface area contributed by atoms with Crippen LogP contribution in [0.15, 0.2) is 18.2 Å². The summed E-state index contributed by atoms with van der Waals surface area (Å²) in [5.41, 5.74) is 0.818. The molecule has 1 aromatic rings. The van der Waals surface area contributed by atoms with Gasteiger partial charge in [0.1, 0.15) is 11.8 Å². The van der Waals surface area contributed by atoms with E-state index in [1.807, 2.05) is 20.8 Å². The van der Waals surface area contributed by atoms with Gasteiger partial charge in [0.05, 0.1) is 18.9 Å². The number of alkyl carbamates (subject to hydrolysis) is 1. The van der Waals surface area contributed by atoms with Gasteiger partial charge < -0.3 is 30.0 Å². The number of rotatable bonds is 9. The van der Waals surface area contributed by atoms with Crippen LogP contribution in [-0.2, 0) is 30.3 Å². The van der Waals surface area contributed by atoms with E-state index in [1.54, 1.807) is 25.1 Å². The molecule has 0 saturated carbocycles. The number of ether oxygens (including phenoxy) is 3. The molecule has 0 bridgehead atoms. The normalized spacial score (nSPS) is 16.1. The van der Waals surface area contributed by atoms with Gasteiger partial charge in [0.15, 0.2) is 6.10 Å². The van der Waals surface area contributed by atoms with Gasteiger partial charge in [-0.25, -0.2) is 9.59 Å². The number of benzene rings is 1. The van der Waals surface area contributed by atoms with E-state index in [0.29, 0.717) is 17.0 Å². The minimum atomic E-state index is -1.01. The zero-order valence-electron chi connectivity index (χ0n) is 18.7. The smallest absolute Gasteiger partial charge is 0.407 e. The first-order valence-corrected chi connectivity index (χ1v) is 10.4. The van der Waals surface area contributed by atoms with Gasteiger partial charge in [0, 0.05) is 19.3 Å². The highest BCUT2D eigenvalue weighted by atomic mass is 16.6. The monoisotopic (exact) mass is 450 g/mol. The fourth-order valence-electron chi connectivity index (χ4n) is 2.91. The van der Waals surface area contributed by atoms with Crippen LogP contribution < -0.4 is 15.4 Å². The van der Waals surface area contributed by atoms with Crippen molar-refractivity contribution in [3.05, 3.63) is 23.8 Å². The lowest BCUT2D eigenvalue weighted by Gasteiger charge is -2.26.